The molecule has 94 valence electrons. The van der Waals surface area contributed by atoms with Gasteiger partial charge in [-0.25, -0.2) is 9.97 Å². The minimum absolute atomic E-state index is 0.208. The first-order valence-electron chi connectivity index (χ1n) is 5.67. The van der Waals surface area contributed by atoms with E-state index in [4.69, 9.17) is 0 Å². The molecule has 7 heteroatoms. The quantitative estimate of drug-likeness (QED) is 0.738. The maximum atomic E-state index is 11.7. The van der Waals surface area contributed by atoms with Crippen molar-refractivity contribution in [1.29, 1.82) is 0 Å². The molecule has 0 unspecified atom stereocenters. The minimum atomic E-state index is -0.208. The molecule has 0 atom stereocenters. The summed E-state index contributed by atoms with van der Waals surface area (Å²) < 4.78 is 0. The number of nitrogens with zero attached hydrogens (tertiary/aromatic N) is 4. The minimum Gasteiger partial charge on any atom is -0.351 e. The number of carbonyl (C=O) groups excluding carboxylic acids is 1. The second-order valence-corrected chi connectivity index (χ2v) is 3.83. The lowest BCUT2D eigenvalue weighted by molar-refractivity contribution is 0.0947. The van der Waals surface area contributed by atoms with Crippen molar-refractivity contribution in [3.05, 3.63) is 35.9 Å². The third kappa shape index (κ3) is 3.34. The molecule has 0 aliphatic heterocycles. The van der Waals surface area contributed by atoms with E-state index in [-0.39, 0.29) is 5.91 Å². The van der Waals surface area contributed by atoms with Gasteiger partial charge in [-0.15, -0.1) is 0 Å². The van der Waals surface area contributed by atoms with Crippen LogP contribution in [0.5, 0.6) is 0 Å². The number of nitrogens with one attached hydrogen (secondary N) is 2. The van der Waals surface area contributed by atoms with Gasteiger partial charge < -0.3 is 5.32 Å². The summed E-state index contributed by atoms with van der Waals surface area (Å²) in [7, 11) is 0. The maximum Gasteiger partial charge on any atom is 0.271 e. The van der Waals surface area contributed by atoms with Crippen LogP contribution in [0, 0.1) is 6.92 Å². The second-order valence-electron chi connectivity index (χ2n) is 3.83. The van der Waals surface area contributed by atoms with Crippen LogP contribution in [-0.4, -0.2) is 37.6 Å². The summed E-state index contributed by atoms with van der Waals surface area (Å²) >= 11 is 0. The average molecular weight is 246 g/mol. The van der Waals surface area contributed by atoms with Gasteiger partial charge in [0.15, 0.2) is 0 Å². The zero-order valence-electron chi connectivity index (χ0n) is 10.1. The predicted octanol–water partition coefficient (Wildman–Crippen LogP) is 0.266. The molecule has 2 aromatic rings. The molecule has 2 N–H and O–H groups in total. The largest absolute Gasteiger partial charge is 0.351 e. The van der Waals surface area contributed by atoms with Gasteiger partial charge in [0.25, 0.3) is 5.91 Å². The van der Waals surface area contributed by atoms with Crippen LogP contribution in [0.2, 0.25) is 0 Å². The number of aryl methyl sites for hydroxylation is 2. The summed E-state index contributed by atoms with van der Waals surface area (Å²) in [5.41, 5.74) is 1.12. The van der Waals surface area contributed by atoms with Crippen molar-refractivity contribution in [1.82, 2.24) is 30.5 Å². The molecule has 2 heterocycles. The SMILES string of the molecule is Cc1cnc(C(=O)NCCCc2ncn[nH]2)cn1. The Morgan fingerprint density at radius 3 is 2.89 bits per heavy atom. The third-order valence-electron chi connectivity index (χ3n) is 2.35. The Hall–Kier alpha value is -2.31. The monoisotopic (exact) mass is 246 g/mol. The van der Waals surface area contributed by atoms with E-state index >= 15 is 0 Å². The fourth-order valence-corrected chi connectivity index (χ4v) is 1.41. The highest BCUT2D eigenvalue weighted by molar-refractivity contribution is 5.91. The van der Waals surface area contributed by atoms with E-state index < -0.39 is 0 Å². The maximum absolute atomic E-state index is 11.7. The van der Waals surface area contributed by atoms with Crippen LogP contribution in [0.1, 0.15) is 28.4 Å². The Morgan fingerprint density at radius 1 is 1.33 bits per heavy atom. The number of rotatable bonds is 5. The third-order valence-corrected chi connectivity index (χ3v) is 2.35. The number of amides is 1. The predicted molar refractivity (Wildman–Crippen MR) is 63.8 cm³/mol. The van der Waals surface area contributed by atoms with Crippen LogP contribution < -0.4 is 5.32 Å². The van der Waals surface area contributed by atoms with Crippen molar-refractivity contribution >= 4 is 5.91 Å². The average Bonchev–Trinajstić information content (AvgIpc) is 2.88. The Bertz CT molecular complexity index is 493. The molecule has 0 aromatic carbocycles. The van der Waals surface area contributed by atoms with E-state index in [1.54, 1.807) is 6.20 Å². The first-order chi connectivity index (χ1) is 8.75. The van der Waals surface area contributed by atoms with Gasteiger partial charge in [0, 0.05) is 19.2 Å². The van der Waals surface area contributed by atoms with Gasteiger partial charge in [0.05, 0.1) is 11.9 Å². The van der Waals surface area contributed by atoms with Crippen molar-refractivity contribution < 1.29 is 4.79 Å². The summed E-state index contributed by atoms with van der Waals surface area (Å²) in [6, 6.07) is 0. The summed E-state index contributed by atoms with van der Waals surface area (Å²) in [6.45, 7) is 2.39. The highest BCUT2D eigenvalue weighted by Crippen LogP contribution is 1.95. The first-order valence-corrected chi connectivity index (χ1v) is 5.67. The van der Waals surface area contributed by atoms with Crippen LogP contribution in [0.3, 0.4) is 0 Å². The van der Waals surface area contributed by atoms with Crippen LogP contribution in [-0.2, 0) is 6.42 Å². The Morgan fingerprint density at radius 2 is 2.22 bits per heavy atom. The summed E-state index contributed by atoms with van der Waals surface area (Å²) in [5, 5.41) is 9.29. The van der Waals surface area contributed by atoms with Gasteiger partial charge in [0.2, 0.25) is 0 Å². The molecule has 0 fully saturated rings. The molecule has 7 nitrogen and oxygen atoms in total. The lowest BCUT2D eigenvalue weighted by atomic mass is 10.3. The van der Waals surface area contributed by atoms with Crippen molar-refractivity contribution in [2.45, 2.75) is 19.8 Å². The van der Waals surface area contributed by atoms with E-state index in [1.165, 1.54) is 12.5 Å². The van der Waals surface area contributed by atoms with Gasteiger partial charge in [-0.2, -0.15) is 5.10 Å². The van der Waals surface area contributed by atoms with Gasteiger partial charge >= 0.3 is 0 Å². The summed E-state index contributed by atoms with van der Waals surface area (Å²) in [5.74, 6) is 0.611. The lowest BCUT2D eigenvalue weighted by Gasteiger charge is -2.03. The molecule has 0 saturated carbocycles. The number of H-pyrrole nitrogens is 1. The molecule has 2 rings (SSSR count). The highest BCUT2D eigenvalue weighted by Gasteiger charge is 2.06. The molecule has 2 aromatic heterocycles. The van der Waals surface area contributed by atoms with Gasteiger partial charge in [-0.3, -0.25) is 14.9 Å². The van der Waals surface area contributed by atoms with Gasteiger partial charge in [-0.05, 0) is 13.3 Å². The number of aromatic nitrogens is 5. The van der Waals surface area contributed by atoms with Crippen LogP contribution in [0.4, 0.5) is 0 Å². The fraction of sp³-hybridized carbons (Fsp3) is 0.364. The number of carbonyl (C=O) groups is 1. The van der Waals surface area contributed by atoms with Crippen LogP contribution >= 0.6 is 0 Å². The van der Waals surface area contributed by atoms with E-state index in [0.717, 1.165) is 24.4 Å². The van der Waals surface area contributed by atoms with Gasteiger partial charge in [0.1, 0.15) is 17.8 Å². The molecule has 0 aliphatic rings. The van der Waals surface area contributed by atoms with Crippen LogP contribution in [0.25, 0.3) is 0 Å². The molecular formula is C11H14N6O. The van der Waals surface area contributed by atoms with Crippen LogP contribution in [0.15, 0.2) is 18.7 Å². The van der Waals surface area contributed by atoms with Crippen molar-refractivity contribution in [3.63, 3.8) is 0 Å². The Labute approximate surface area is 104 Å². The molecule has 0 bridgehead atoms. The Balaban J connectivity index is 1.73. The summed E-state index contributed by atoms with van der Waals surface area (Å²) in [4.78, 5) is 23.7. The summed E-state index contributed by atoms with van der Waals surface area (Å²) in [6.07, 6.45) is 6.06. The molecule has 0 aliphatic carbocycles. The number of hydrogen-bond donors (Lipinski definition) is 2. The topological polar surface area (TPSA) is 96.5 Å². The number of hydrogen-bond acceptors (Lipinski definition) is 5. The smallest absolute Gasteiger partial charge is 0.271 e. The first kappa shape index (κ1) is 12.2. The van der Waals surface area contributed by atoms with E-state index in [0.29, 0.717) is 12.2 Å². The standard InChI is InChI=1S/C11H14N6O/c1-8-5-14-9(6-13-8)11(18)12-4-2-3-10-15-7-16-17-10/h5-7H,2-4H2,1H3,(H,12,18)(H,15,16,17). The van der Waals surface area contributed by atoms with E-state index in [9.17, 15) is 4.79 Å². The zero-order chi connectivity index (χ0) is 12.8. The molecule has 0 radical (unpaired) electrons. The molecule has 18 heavy (non-hydrogen) atoms. The van der Waals surface area contributed by atoms with E-state index in [2.05, 4.69) is 30.5 Å². The zero-order valence-corrected chi connectivity index (χ0v) is 10.1. The van der Waals surface area contributed by atoms with Crippen molar-refractivity contribution in [3.8, 4) is 0 Å². The fourth-order valence-electron chi connectivity index (χ4n) is 1.41. The van der Waals surface area contributed by atoms with Gasteiger partial charge in [-0.1, -0.05) is 0 Å². The molecule has 0 spiro atoms. The molecule has 1 amide bonds. The van der Waals surface area contributed by atoms with Crippen molar-refractivity contribution in [2.24, 2.45) is 0 Å². The van der Waals surface area contributed by atoms with Crippen molar-refractivity contribution in [2.75, 3.05) is 6.54 Å². The molecule has 0 saturated heterocycles. The Kier molecular flexibility index (Phi) is 3.95. The second kappa shape index (κ2) is 5.85. The molecular weight excluding hydrogens is 232 g/mol. The normalized spacial score (nSPS) is 10.3. The highest BCUT2D eigenvalue weighted by atomic mass is 16.1. The number of aromatic amines is 1. The van der Waals surface area contributed by atoms with E-state index in [1.807, 2.05) is 6.92 Å². The lowest BCUT2D eigenvalue weighted by Crippen LogP contribution is -2.25.